The van der Waals surface area contributed by atoms with E-state index in [0.717, 1.165) is 25.8 Å². The first-order valence-electron chi connectivity index (χ1n) is 8.79. The van der Waals surface area contributed by atoms with Crippen molar-refractivity contribution in [2.75, 3.05) is 20.8 Å². The molecule has 1 heterocycles. The van der Waals surface area contributed by atoms with Gasteiger partial charge in [0.1, 0.15) is 13.2 Å². The molecule has 0 spiro atoms. The van der Waals surface area contributed by atoms with Crippen LogP contribution in [-0.4, -0.2) is 42.8 Å². The number of imide groups is 1. The second kappa shape index (κ2) is 9.98. The van der Waals surface area contributed by atoms with E-state index in [-0.39, 0.29) is 4.91 Å². The van der Waals surface area contributed by atoms with Crippen LogP contribution < -0.4 is 9.47 Å². The maximum Gasteiger partial charge on any atom is 0.325 e. The van der Waals surface area contributed by atoms with Crippen LogP contribution in [0.2, 0.25) is 0 Å². The van der Waals surface area contributed by atoms with Crippen LogP contribution in [0.25, 0.3) is 6.08 Å². The Morgan fingerprint density at radius 1 is 1.17 bits per heavy atom. The Morgan fingerprint density at radius 3 is 2.57 bits per heavy atom. The topological polar surface area (TPSA) is 82.1 Å². The van der Waals surface area contributed by atoms with E-state index in [9.17, 15) is 14.4 Å². The molecule has 0 atom stereocenters. The zero-order chi connectivity index (χ0) is 21.7. The van der Waals surface area contributed by atoms with Crippen LogP contribution >= 0.6 is 34.4 Å². The lowest BCUT2D eigenvalue weighted by Crippen LogP contribution is -2.34. The van der Waals surface area contributed by atoms with Gasteiger partial charge in [0.15, 0.2) is 11.5 Å². The molecule has 7 nitrogen and oxygen atoms in total. The maximum atomic E-state index is 12.5. The third-order valence-electron chi connectivity index (χ3n) is 4.16. The van der Waals surface area contributed by atoms with Gasteiger partial charge in [-0.3, -0.25) is 19.3 Å². The molecule has 9 heteroatoms. The number of ether oxygens (including phenoxy) is 3. The summed E-state index contributed by atoms with van der Waals surface area (Å²) in [7, 11) is 2.74. The van der Waals surface area contributed by atoms with E-state index in [4.69, 9.17) is 9.47 Å². The van der Waals surface area contributed by atoms with Crippen molar-refractivity contribution in [1.29, 1.82) is 0 Å². The first-order chi connectivity index (χ1) is 14.4. The van der Waals surface area contributed by atoms with Crippen LogP contribution in [0.15, 0.2) is 47.4 Å². The number of halogens is 1. The highest BCUT2D eigenvalue weighted by Crippen LogP contribution is 2.37. The molecule has 0 N–H and O–H groups in total. The van der Waals surface area contributed by atoms with Crippen LogP contribution in [0, 0.1) is 3.57 Å². The average molecular weight is 539 g/mol. The second-order valence-corrected chi connectivity index (χ2v) is 8.31. The molecule has 0 saturated carbocycles. The predicted molar refractivity (Wildman–Crippen MR) is 121 cm³/mol. The van der Waals surface area contributed by atoms with Crippen molar-refractivity contribution in [2.24, 2.45) is 0 Å². The molecule has 1 aliphatic rings. The molecule has 1 fully saturated rings. The highest BCUT2D eigenvalue weighted by atomic mass is 127. The standard InChI is InChI=1S/C21H18INO6S/c1-27-16-9-14(8-15(22)19(16)29-12-13-6-4-3-5-7-13)10-17-20(25)23(21(26)30-17)11-18(24)28-2/h3-10H,11-12H2,1-2H3/b17-10+. The van der Waals surface area contributed by atoms with Gasteiger partial charge in [0, 0.05) is 0 Å². The van der Waals surface area contributed by atoms with Crippen LogP contribution in [0.5, 0.6) is 11.5 Å². The van der Waals surface area contributed by atoms with Crippen molar-refractivity contribution in [3.05, 3.63) is 62.1 Å². The lowest BCUT2D eigenvalue weighted by atomic mass is 10.1. The molecule has 1 saturated heterocycles. The average Bonchev–Trinajstić information content (AvgIpc) is 3.00. The Labute approximate surface area is 191 Å². The zero-order valence-electron chi connectivity index (χ0n) is 16.2. The van der Waals surface area contributed by atoms with E-state index in [1.165, 1.54) is 14.2 Å². The molecule has 0 bridgehead atoms. The van der Waals surface area contributed by atoms with Gasteiger partial charge in [-0.15, -0.1) is 0 Å². The number of rotatable bonds is 7. The SMILES string of the molecule is COC(=O)CN1C(=O)S/C(=C/c2cc(I)c(OCc3ccccc3)c(OC)c2)C1=O. The van der Waals surface area contributed by atoms with Gasteiger partial charge in [0.2, 0.25) is 0 Å². The number of hydrogen-bond acceptors (Lipinski definition) is 7. The number of amides is 2. The van der Waals surface area contributed by atoms with Crippen molar-refractivity contribution in [3.8, 4) is 11.5 Å². The molecule has 3 rings (SSSR count). The minimum Gasteiger partial charge on any atom is -0.493 e. The van der Waals surface area contributed by atoms with Crippen LogP contribution in [0.3, 0.4) is 0 Å². The van der Waals surface area contributed by atoms with E-state index >= 15 is 0 Å². The van der Waals surface area contributed by atoms with Gasteiger partial charge in [-0.1, -0.05) is 30.3 Å². The number of thioether (sulfide) groups is 1. The van der Waals surface area contributed by atoms with Gasteiger partial charge in [0.05, 0.1) is 22.7 Å². The fraction of sp³-hybridized carbons (Fsp3) is 0.190. The molecular weight excluding hydrogens is 521 g/mol. The Kier molecular flexibility index (Phi) is 7.38. The zero-order valence-corrected chi connectivity index (χ0v) is 19.2. The maximum absolute atomic E-state index is 12.5. The van der Waals surface area contributed by atoms with E-state index in [1.54, 1.807) is 12.1 Å². The molecule has 0 aliphatic carbocycles. The number of carbonyl (C=O) groups is 3. The Hall–Kier alpha value is -2.53. The summed E-state index contributed by atoms with van der Waals surface area (Å²) in [4.78, 5) is 37.1. The minimum atomic E-state index is -0.658. The molecule has 1 aliphatic heterocycles. The Balaban J connectivity index is 1.81. The minimum absolute atomic E-state index is 0.222. The summed E-state index contributed by atoms with van der Waals surface area (Å²) in [6.07, 6.45) is 1.59. The predicted octanol–water partition coefficient (Wildman–Crippen LogP) is 4.09. The van der Waals surface area contributed by atoms with E-state index in [2.05, 4.69) is 27.3 Å². The Bertz CT molecular complexity index is 1010. The summed E-state index contributed by atoms with van der Waals surface area (Å²) in [5.41, 5.74) is 1.70. The molecular formula is C21H18INO6S. The smallest absolute Gasteiger partial charge is 0.325 e. The third kappa shape index (κ3) is 5.14. The molecule has 30 heavy (non-hydrogen) atoms. The monoisotopic (exact) mass is 539 g/mol. The van der Waals surface area contributed by atoms with Gasteiger partial charge < -0.3 is 14.2 Å². The van der Waals surface area contributed by atoms with Crippen LogP contribution in [0.1, 0.15) is 11.1 Å². The van der Waals surface area contributed by atoms with E-state index < -0.39 is 23.7 Å². The van der Waals surface area contributed by atoms with Gasteiger partial charge in [-0.05, 0) is 63.7 Å². The van der Waals surface area contributed by atoms with Crippen molar-refractivity contribution in [1.82, 2.24) is 4.90 Å². The number of carbonyl (C=O) groups excluding carboxylic acids is 3. The van der Waals surface area contributed by atoms with Crippen LogP contribution in [0.4, 0.5) is 4.79 Å². The van der Waals surface area contributed by atoms with Gasteiger partial charge in [0.25, 0.3) is 11.1 Å². The second-order valence-electron chi connectivity index (χ2n) is 6.15. The lowest BCUT2D eigenvalue weighted by molar-refractivity contribution is -0.143. The molecule has 2 aromatic rings. The first kappa shape index (κ1) is 22.2. The summed E-state index contributed by atoms with van der Waals surface area (Å²) in [5, 5.41) is -0.513. The summed E-state index contributed by atoms with van der Waals surface area (Å²) < 4.78 is 16.7. The van der Waals surface area contributed by atoms with E-state index in [0.29, 0.717) is 23.7 Å². The fourth-order valence-corrected chi connectivity index (χ4v) is 4.29. The lowest BCUT2D eigenvalue weighted by Gasteiger charge is -2.14. The fourth-order valence-electron chi connectivity index (χ4n) is 2.67. The summed E-state index contributed by atoms with van der Waals surface area (Å²) in [5.74, 6) is -0.0840. The molecule has 2 amide bonds. The van der Waals surface area contributed by atoms with Crippen molar-refractivity contribution in [2.45, 2.75) is 6.61 Å². The van der Waals surface area contributed by atoms with Gasteiger partial charge in [-0.2, -0.15) is 0 Å². The largest absolute Gasteiger partial charge is 0.493 e. The number of benzene rings is 2. The normalized spacial score (nSPS) is 14.9. The van der Waals surface area contributed by atoms with Crippen LogP contribution in [-0.2, 0) is 20.9 Å². The molecule has 2 aromatic carbocycles. The van der Waals surface area contributed by atoms with Crippen molar-refractivity contribution in [3.63, 3.8) is 0 Å². The summed E-state index contributed by atoms with van der Waals surface area (Å²) in [6, 6.07) is 13.3. The number of hydrogen-bond donors (Lipinski definition) is 0. The quantitative estimate of drug-likeness (QED) is 0.298. The molecule has 0 aromatic heterocycles. The highest BCUT2D eigenvalue weighted by molar-refractivity contribution is 14.1. The third-order valence-corrected chi connectivity index (χ3v) is 5.87. The van der Waals surface area contributed by atoms with E-state index in [1.807, 2.05) is 36.4 Å². The van der Waals surface area contributed by atoms with Crippen molar-refractivity contribution >= 4 is 57.5 Å². The summed E-state index contributed by atoms with van der Waals surface area (Å²) >= 11 is 2.91. The van der Waals surface area contributed by atoms with Crippen molar-refractivity contribution < 1.29 is 28.6 Å². The molecule has 0 radical (unpaired) electrons. The first-order valence-corrected chi connectivity index (χ1v) is 10.7. The van der Waals surface area contributed by atoms with Gasteiger partial charge >= 0.3 is 5.97 Å². The highest BCUT2D eigenvalue weighted by Gasteiger charge is 2.36. The summed E-state index contributed by atoms with van der Waals surface area (Å²) in [6.45, 7) is -0.0232. The molecule has 156 valence electrons. The Morgan fingerprint density at radius 2 is 1.90 bits per heavy atom. The number of methoxy groups -OCH3 is 2. The van der Waals surface area contributed by atoms with Gasteiger partial charge in [-0.25, -0.2) is 0 Å². The number of nitrogens with zero attached hydrogens (tertiary/aromatic N) is 1. The number of esters is 1. The molecule has 0 unspecified atom stereocenters.